The van der Waals surface area contributed by atoms with Gasteiger partial charge in [0.1, 0.15) is 6.61 Å². The third kappa shape index (κ3) is 6.18. The van der Waals surface area contributed by atoms with Gasteiger partial charge in [-0.2, -0.15) is 0 Å². The number of rotatable bonds is 9. The third-order valence-corrected chi connectivity index (χ3v) is 7.05. The normalized spacial score (nSPS) is 12.8. The molecular formula is C32H29F2N3O3. The second kappa shape index (κ2) is 12.1. The molecule has 8 heteroatoms. The van der Waals surface area contributed by atoms with Crippen LogP contribution in [0.3, 0.4) is 0 Å². The van der Waals surface area contributed by atoms with E-state index in [2.05, 4.69) is 34.9 Å². The highest BCUT2D eigenvalue weighted by Gasteiger charge is 2.29. The van der Waals surface area contributed by atoms with Gasteiger partial charge in [-0.15, -0.1) is 0 Å². The van der Waals surface area contributed by atoms with Crippen LogP contribution in [0.4, 0.5) is 13.6 Å². The minimum atomic E-state index is -0.974. The first kappa shape index (κ1) is 27.0. The summed E-state index contributed by atoms with van der Waals surface area (Å²) in [6.07, 6.45) is -0.406. The molecule has 1 aliphatic rings. The monoisotopic (exact) mass is 541 g/mol. The first-order valence-corrected chi connectivity index (χ1v) is 13.0. The molecule has 0 bridgehead atoms. The molecule has 0 radical (unpaired) electrons. The number of carbonyl (C=O) groups is 2. The maximum absolute atomic E-state index is 13.4. The summed E-state index contributed by atoms with van der Waals surface area (Å²) in [6.45, 7) is 0.795. The van der Waals surface area contributed by atoms with E-state index in [4.69, 9.17) is 10.5 Å². The van der Waals surface area contributed by atoms with Gasteiger partial charge in [-0.1, -0.05) is 78.9 Å². The predicted molar refractivity (Wildman–Crippen MR) is 148 cm³/mol. The van der Waals surface area contributed by atoms with Crippen molar-refractivity contribution in [1.82, 2.24) is 10.6 Å². The Bertz CT molecular complexity index is 1480. The van der Waals surface area contributed by atoms with Crippen LogP contribution in [0.15, 0.2) is 91.0 Å². The Kier molecular flexibility index (Phi) is 8.17. The van der Waals surface area contributed by atoms with Gasteiger partial charge in [0.2, 0.25) is 5.91 Å². The van der Waals surface area contributed by atoms with Crippen molar-refractivity contribution in [3.63, 3.8) is 0 Å². The van der Waals surface area contributed by atoms with Crippen LogP contribution in [-0.4, -0.2) is 24.6 Å². The van der Waals surface area contributed by atoms with Crippen molar-refractivity contribution in [2.45, 2.75) is 31.5 Å². The van der Waals surface area contributed by atoms with Crippen molar-refractivity contribution in [2.75, 3.05) is 6.61 Å². The van der Waals surface area contributed by atoms with Crippen LogP contribution in [0.25, 0.3) is 11.1 Å². The summed E-state index contributed by atoms with van der Waals surface area (Å²) in [7, 11) is 0. The number of carbonyl (C=O) groups excluding carboxylic acids is 2. The van der Waals surface area contributed by atoms with Gasteiger partial charge in [0, 0.05) is 19.0 Å². The van der Waals surface area contributed by atoms with Crippen LogP contribution in [0.2, 0.25) is 0 Å². The Morgan fingerprint density at radius 3 is 1.90 bits per heavy atom. The van der Waals surface area contributed by atoms with Crippen molar-refractivity contribution >= 4 is 12.0 Å². The van der Waals surface area contributed by atoms with Gasteiger partial charge in [-0.3, -0.25) is 4.79 Å². The molecule has 1 unspecified atom stereocenters. The molecule has 40 heavy (non-hydrogen) atoms. The summed E-state index contributed by atoms with van der Waals surface area (Å²) in [6, 6.07) is 26.3. The molecule has 0 saturated carbocycles. The summed E-state index contributed by atoms with van der Waals surface area (Å²) in [4.78, 5) is 24.8. The van der Waals surface area contributed by atoms with Gasteiger partial charge in [-0.25, -0.2) is 13.6 Å². The van der Waals surface area contributed by atoms with Crippen LogP contribution >= 0.6 is 0 Å². The molecule has 4 aromatic carbocycles. The Morgan fingerprint density at radius 2 is 1.30 bits per heavy atom. The molecule has 4 aromatic rings. The molecule has 204 valence electrons. The Morgan fingerprint density at radius 1 is 0.750 bits per heavy atom. The molecule has 6 nitrogen and oxygen atoms in total. The molecule has 0 spiro atoms. The number of nitrogens with two attached hydrogens (primary N) is 1. The average Bonchev–Trinajstić information content (AvgIpc) is 3.29. The maximum atomic E-state index is 13.4. The van der Waals surface area contributed by atoms with Crippen molar-refractivity contribution in [2.24, 2.45) is 5.73 Å². The molecular weight excluding hydrogens is 512 g/mol. The minimum Gasteiger partial charge on any atom is -0.449 e. The first-order valence-electron chi connectivity index (χ1n) is 13.0. The number of halogens is 2. The largest absolute Gasteiger partial charge is 0.449 e. The fourth-order valence-electron chi connectivity index (χ4n) is 4.93. The lowest BCUT2D eigenvalue weighted by Crippen LogP contribution is -2.41. The van der Waals surface area contributed by atoms with Gasteiger partial charge in [-0.05, 0) is 57.5 Å². The van der Waals surface area contributed by atoms with E-state index < -0.39 is 29.7 Å². The molecule has 4 N–H and O–H groups in total. The van der Waals surface area contributed by atoms with Crippen molar-refractivity contribution in [3.8, 4) is 11.1 Å². The van der Waals surface area contributed by atoms with Gasteiger partial charge in [0.25, 0.3) is 0 Å². The summed E-state index contributed by atoms with van der Waals surface area (Å²) < 4.78 is 32.1. The number of benzene rings is 4. The lowest BCUT2D eigenvalue weighted by Gasteiger charge is -2.15. The second-order valence-electron chi connectivity index (χ2n) is 9.77. The van der Waals surface area contributed by atoms with E-state index >= 15 is 0 Å². The summed E-state index contributed by atoms with van der Waals surface area (Å²) in [5.41, 5.74) is 12.7. The Labute approximate surface area is 231 Å². The molecule has 5 rings (SSSR count). The van der Waals surface area contributed by atoms with Crippen LogP contribution in [-0.2, 0) is 29.0 Å². The zero-order chi connectivity index (χ0) is 28.1. The zero-order valence-electron chi connectivity index (χ0n) is 21.7. The number of alkyl carbamates (subject to hydrolysis) is 1. The molecule has 2 amide bonds. The smallest absolute Gasteiger partial charge is 0.407 e. The summed E-state index contributed by atoms with van der Waals surface area (Å²) in [5.74, 6) is -2.32. The molecule has 0 aliphatic heterocycles. The average molecular weight is 542 g/mol. The highest BCUT2D eigenvalue weighted by atomic mass is 19.2. The lowest BCUT2D eigenvalue weighted by molar-refractivity contribution is -0.122. The fraction of sp³-hybridized carbons (Fsp3) is 0.188. The zero-order valence-corrected chi connectivity index (χ0v) is 21.7. The standard InChI is InChI=1S/C32H29F2N3O3/c33-28-14-13-22(15-29(28)34)16-30(35)31(38)36-17-20-9-11-21(12-10-20)18-37-32(39)40-19-27-25-7-3-1-5-23(25)24-6-2-4-8-26(24)27/h1-15,27,30H,16-19,35H2,(H,36,38)(H,37,39). The van der Waals surface area contributed by atoms with Gasteiger partial charge in [0.15, 0.2) is 11.6 Å². The lowest BCUT2D eigenvalue weighted by atomic mass is 9.98. The van der Waals surface area contributed by atoms with Gasteiger partial charge >= 0.3 is 6.09 Å². The van der Waals surface area contributed by atoms with E-state index in [9.17, 15) is 18.4 Å². The van der Waals surface area contributed by atoms with Crippen molar-refractivity contribution in [3.05, 3.63) is 130 Å². The Hall–Kier alpha value is -4.56. The van der Waals surface area contributed by atoms with Gasteiger partial charge in [0.05, 0.1) is 6.04 Å². The first-order chi connectivity index (χ1) is 19.4. The van der Waals surface area contributed by atoms with E-state index in [-0.39, 0.29) is 25.5 Å². The van der Waals surface area contributed by atoms with Crippen LogP contribution < -0.4 is 16.4 Å². The fourth-order valence-corrected chi connectivity index (χ4v) is 4.93. The predicted octanol–water partition coefficient (Wildman–Crippen LogP) is 5.19. The number of nitrogens with one attached hydrogen (secondary N) is 2. The second-order valence-corrected chi connectivity index (χ2v) is 9.77. The van der Waals surface area contributed by atoms with Crippen molar-refractivity contribution in [1.29, 1.82) is 0 Å². The number of fused-ring (bicyclic) bond motifs is 3. The van der Waals surface area contributed by atoms with Crippen LogP contribution in [0.1, 0.15) is 33.7 Å². The quantitative estimate of drug-likeness (QED) is 0.272. The SMILES string of the molecule is NC(Cc1ccc(F)c(F)c1)C(=O)NCc1ccc(CNC(=O)OCC2c3ccccc3-c3ccccc32)cc1. The molecule has 0 saturated heterocycles. The van der Waals surface area contributed by atoms with Gasteiger partial charge < -0.3 is 21.1 Å². The molecule has 0 fully saturated rings. The Balaban J connectivity index is 1.06. The van der Waals surface area contributed by atoms with Crippen LogP contribution in [0, 0.1) is 11.6 Å². The van der Waals surface area contributed by atoms with E-state index in [1.54, 1.807) is 0 Å². The van der Waals surface area contributed by atoms with Crippen molar-refractivity contribution < 1.29 is 23.1 Å². The van der Waals surface area contributed by atoms with E-state index in [0.29, 0.717) is 12.1 Å². The molecule has 1 atom stereocenters. The number of hydrogen-bond acceptors (Lipinski definition) is 4. The third-order valence-electron chi connectivity index (χ3n) is 7.05. The molecule has 0 heterocycles. The highest BCUT2D eigenvalue weighted by Crippen LogP contribution is 2.44. The summed E-state index contributed by atoms with van der Waals surface area (Å²) >= 11 is 0. The minimum absolute atomic E-state index is 0.00220. The van der Waals surface area contributed by atoms with E-state index in [0.717, 1.165) is 34.4 Å². The number of amides is 2. The number of hydrogen-bond donors (Lipinski definition) is 3. The topological polar surface area (TPSA) is 93.5 Å². The summed E-state index contributed by atoms with van der Waals surface area (Å²) in [5, 5.41) is 5.54. The highest BCUT2D eigenvalue weighted by molar-refractivity contribution is 5.82. The number of ether oxygens (including phenoxy) is 1. The maximum Gasteiger partial charge on any atom is 0.407 e. The molecule has 1 aliphatic carbocycles. The molecule has 0 aromatic heterocycles. The van der Waals surface area contributed by atoms with Crippen LogP contribution in [0.5, 0.6) is 0 Å². The van der Waals surface area contributed by atoms with E-state index in [1.165, 1.54) is 17.2 Å². The van der Waals surface area contributed by atoms with E-state index in [1.807, 2.05) is 48.5 Å².